The van der Waals surface area contributed by atoms with Gasteiger partial charge in [-0.3, -0.25) is 4.98 Å². The summed E-state index contributed by atoms with van der Waals surface area (Å²) in [6, 6.07) is 12.2. The van der Waals surface area contributed by atoms with Crippen LogP contribution in [-0.4, -0.2) is 40.8 Å². The van der Waals surface area contributed by atoms with Crippen molar-refractivity contribution in [2.45, 2.75) is 32.6 Å². The first kappa shape index (κ1) is 18.6. The van der Waals surface area contributed by atoms with Crippen LogP contribution in [-0.2, 0) is 17.6 Å². The van der Waals surface area contributed by atoms with E-state index in [1.807, 2.05) is 43.5 Å². The second-order valence-corrected chi connectivity index (χ2v) is 7.46. The summed E-state index contributed by atoms with van der Waals surface area (Å²) < 4.78 is 0. The number of aryl methyl sites for hydroxylation is 1. The third-order valence-electron chi connectivity index (χ3n) is 5.42. The van der Waals surface area contributed by atoms with E-state index in [9.17, 15) is 4.79 Å². The van der Waals surface area contributed by atoms with Crippen molar-refractivity contribution in [3.05, 3.63) is 59.4 Å². The maximum absolute atomic E-state index is 11.2. The molecule has 5 nitrogen and oxygen atoms in total. The number of aldehydes is 1. The average Bonchev–Trinajstić information content (AvgIpc) is 3.23. The number of benzene rings is 1. The lowest BCUT2D eigenvalue weighted by Gasteiger charge is -2.16. The van der Waals surface area contributed by atoms with E-state index in [4.69, 9.17) is 4.98 Å². The van der Waals surface area contributed by atoms with E-state index < -0.39 is 0 Å². The topological polar surface area (TPSA) is 58.1 Å². The number of fused-ring (bicyclic) bond motifs is 1. The number of rotatable bonds is 7. The van der Waals surface area contributed by atoms with Gasteiger partial charge in [0.2, 0.25) is 0 Å². The largest absolute Gasteiger partial charge is 0.338 e. The van der Waals surface area contributed by atoms with Crippen molar-refractivity contribution < 1.29 is 4.79 Å². The highest BCUT2D eigenvalue weighted by Crippen LogP contribution is 2.26. The number of para-hydroxylation sites is 1. The van der Waals surface area contributed by atoms with E-state index in [1.165, 1.54) is 31.5 Å². The number of carbonyl (C=O) groups excluding carboxylic acids is 1. The summed E-state index contributed by atoms with van der Waals surface area (Å²) >= 11 is 0. The predicted octanol–water partition coefficient (Wildman–Crippen LogP) is 4.06. The number of hydrogen-bond acceptors (Lipinski definition) is 5. The molecular weight excluding hydrogens is 348 g/mol. The fourth-order valence-electron chi connectivity index (χ4n) is 3.77. The number of hydrogen-bond donors (Lipinski definition) is 1. The third kappa shape index (κ3) is 4.20. The van der Waals surface area contributed by atoms with Crippen LogP contribution < -0.4 is 5.32 Å². The summed E-state index contributed by atoms with van der Waals surface area (Å²) in [6.07, 6.45) is 6.85. The van der Waals surface area contributed by atoms with Crippen molar-refractivity contribution in [1.82, 2.24) is 14.9 Å². The zero-order valence-corrected chi connectivity index (χ0v) is 16.3. The summed E-state index contributed by atoms with van der Waals surface area (Å²) in [5.41, 5.74) is 4.91. The summed E-state index contributed by atoms with van der Waals surface area (Å²) in [4.78, 5) is 23.0. The minimum Gasteiger partial charge on any atom is -0.338 e. The summed E-state index contributed by atoms with van der Waals surface area (Å²) in [5, 5.41) is 4.48. The molecule has 0 atom stereocenters. The quantitative estimate of drug-likeness (QED) is 0.632. The Bertz CT molecular complexity index is 979. The number of anilines is 2. The Morgan fingerprint density at radius 2 is 2.00 bits per heavy atom. The van der Waals surface area contributed by atoms with Gasteiger partial charge >= 0.3 is 0 Å². The lowest BCUT2D eigenvalue weighted by molar-refractivity contribution is -0.107. The lowest BCUT2D eigenvalue weighted by atomic mass is 10.1. The smallest absolute Gasteiger partial charge is 0.134 e. The normalized spacial score (nSPS) is 14.5. The molecule has 1 aliphatic heterocycles. The van der Waals surface area contributed by atoms with Gasteiger partial charge in [-0.1, -0.05) is 18.2 Å². The van der Waals surface area contributed by atoms with E-state index in [2.05, 4.69) is 21.3 Å². The molecule has 2 aromatic heterocycles. The highest BCUT2D eigenvalue weighted by Gasteiger charge is 2.13. The molecular formula is C23H26N4O. The molecule has 0 spiro atoms. The molecule has 28 heavy (non-hydrogen) atoms. The fourth-order valence-corrected chi connectivity index (χ4v) is 3.77. The first-order valence-electron chi connectivity index (χ1n) is 10.00. The first-order valence-corrected chi connectivity index (χ1v) is 10.00. The van der Waals surface area contributed by atoms with Crippen LogP contribution in [0.15, 0.2) is 42.6 Å². The Morgan fingerprint density at radius 3 is 2.82 bits per heavy atom. The molecule has 4 rings (SSSR count). The van der Waals surface area contributed by atoms with Crippen molar-refractivity contribution >= 4 is 28.7 Å². The molecule has 1 aromatic carbocycles. The average molecular weight is 374 g/mol. The minimum atomic E-state index is 0.335. The summed E-state index contributed by atoms with van der Waals surface area (Å²) in [7, 11) is 0. The second kappa shape index (κ2) is 8.48. The Kier molecular flexibility index (Phi) is 5.63. The molecule has 0 aliphatic carbocycles. The van der Waals surface area contributed by atoms with E-state index in [-0.39, 0.29) is 0 Å². The van der Waals surface area contributed by atoms with Crippen LogP contribution in [0.1, 0.15) is 29.7 Å². The van der Waals surface area contributed by atoms with Crippen molar-refractivity contribution in [2.75, 3.05) is 25.0 Å². The van der Waals surface area contributed by atoms with Crippen LogP contribution in [0.2, 0.25) is 0 Å². The van der Waals surface area contributed by atoms with E-state index in [0.29, 0.717) is 6.42 Å². The fraction of sp³-hybridized carbons (Fsp3) is 0.348. The van der Waals surface area contributed by atoms with Crippen molar-refractivity contribution in [3.8, 4) is 0 Å². The predicted molar refractivity (Wildman–Crippen MR) is 113 cm³/mol. The van der Waals surface area contributed by atoms with Crippen molar-refractivity contribution in [3.63, 3.8) is 0 Å². The van der Waals surface area contributed by atoms with Gasteiger partial charge in [0.1, 0.15) is 12.1 Å². The molecule has 1 N–H and O–H groups in total. The summed E-state index contributed by atoms with van der Waals surface area (Å²) in [5.74, 6) is 0.729. The molecule has 5 heteroatoms. The van der Waals surface area contributed by atoms with Crippen LogP contribution in [0.25, 0.3) is 10.9 Å². The Morgan fingerprint density at radius 1 is 1.18 bits per heavy atom. The van der Waals surface area contributed by atoms with Gasteiger partial charge in [0.25, 0.3) is 0 Å². The van der Waals surface area contributed by atoms with Gasteiger partial charge in [-0.25, -0.2) is 4.98 Å². The summed E-state index contributed by atoms with van der Waals surface area (Å²) in [6.45, 7) is 5.49. The first-order chi connectivity index (χ1) is 13.7. The highest BCUT2D eigenvalue weighted by atomic mass is 16.1. The molecule has 1 aliphatic rings. The zero-order valence-electron chi connectivity index (χ0n) is 16.3. The van der Waals surface area contributed by atoms with Gasteiger partial charge in [-0.2, -0.15) is 0 Å². The number of likely N-dealkylation sites (tertiary alicyclic amines) is 1. The number of nitrogens with one attached hydrogen (secondary N) is 1. The van der Waals surface area contributed by atoms with Crippen LogP contribution in [0.3, 0.4) is 0 Å². The van der Waals surface area contributed by atoms with Gasteiger partial charge in [0.15, 0.2) is 0 Å². The Labute approximate surface area is 165 Å². The molecule has 3 aromatic rings. The van der Waals surface area contributed by atoms with Gasteiger partial charge in [0.05, 0.1) is 16.9 Å². The molecule has 3 heterocycles. The zero-order chi connectivity index (χ0) is 19.3. The number of pyridine rings is 2. The van der Waals surface area contributed by atoms with Crippen LogP contribution >= 0.6 is 0 Å². The van der Waals surface area contributed by atoms with Crippen molar-refractivity contribution in [2.24, 2.45) is 0 Å². The van der Waals surface area contributed by atoms with E-state index >= 15 is 0 Å². The maximum atomic E-state index is 11.2. The monoisotopic (exact) mass is 374 g/mol. The molecule has 144 valence electrons. The molecule has 0 unspecified atom stereocenters. The SMILES string of the molecule is Cc1ncc(CCN2CCCC2)cc1Nc1nc2ccccc2cc1CC=O. The number of nitrogens with zero attached hydrogens (tertiary/aromatic N) is 3. The Balaban J connectivity index is 1.59. The Hall–Kier alpha value is -2.79. The molecule has 0 amide bonds. The molecule has 1 fully saturated rings. The van der Waals surface area contributed by atoms with Gasteiger partial charge in [-0.15, -0.1) is 0 Å². The van der Waals surface area contributed by atoms with Gasteiger partial charge in [-0.05, 0) is 63.0 Å². The second-order valence-electron chi connectivity index (χ2n) is 7.46. The van der Waals surface area contributed by atoms with Crippen LogP contribution in [0.5, 0.6) is 0 Å². The lowest BCUT2D eigenvalue weighted by Crippen LogP contribution is -2.22. The van der Waals surface area contributed by atoms with E-state index in [1.54, 1.807) is 0 Å². The highest BCUT2D eigenvalue weighted by molar-refractivity contribution is 5.83. The maximum Gasteiger partial charge on any atom is 0.134 e. The number of aromatic nitrogens is 2. The standard InChI is InChI=1S/C23H26N4O/c1-17-22(14-18(16-24-17)8-12-27-10-4-5-11-27)26-23-20(9-13-28)15-19-6-2-3-7-21(19)25-23/h2-3,6-7,13-16H,4-5,8-12H2,1H3,(H,25,26). The molecule has 1 saturated heterocycles. The van der Waals surface area contributed by atoms with Gasteiger partial charge < -0.3 is 15.0 Å². The van der Waals surface area contributed by atoms with Gasteiger partial charge in [0, 0.05) is 30.1 Å². The van der Waals surface area contributed by atoms with Crippen molar-refractivity contribution in [1.29, 1.82) is 0 Å². The molecule has 0 bridgehead atoms. The van der Waals surface area contributed by atoms with E-state index in [0.717, 1.165) is 52.9 Å². The third-order valence-corrected chi connectivity index (χ3v) is 5.42. The molecule has 0 radical (unpaired) electrons. The van der Waals surface area contributed by atoms with Crippen LogP contribution in [0.4, 0.5) is 11.5 Å². The van der Waals surface area contributed by atoms with Crippen LogP contribution in [0, 0.1) is 6.92 Å². The molecule has 0 saturated carbocycles. The number of carbonyl (C=O) groups is 1. The minimum absolute atomic E-state index is 0.335.